The molecule has 2 unspecified atom stereocenters. The van der Waals surface area contributed by atoms with Crippen LogP contribution in [0.2, 0.25) is 0 Å². The number of nitrogens with one attached hydrogen (secondary N) is 2. The van der Waals surface area contributed by atoms with E-state index < -0.39 is 54.7 Å². The van der Waals surface area contributed by atoms with E-state index in [1.54, 1.807) is 52.0 Å². The largest absolute Gasteiger partial charge is 0.508 e. The Morgan fingerprint density at radius 1 is 1.02 bits per heavy atom. The molecule has 0 saturated carbocycles. The molecule has 0 aromatic heterocycles. The molecule has 2 atom stereocenters. The van der Waals surface area contributed by atoms with Crippen molar-refractivity contribution >= 4 is 23.9 Å². The van der Waals surface area contributed by atoms with Gasteiger partial charge in [0, 0.05) is 13.0 Å². The summed E-state index contributed by atoms with van der Waals surface area (Å²) in [5.74, 6) is -1.97. The number of aliphatic hydroxyl groups is 1. The minimum atomic E-state index is -1.24. The highest BCUT2D eigenvalue weighted by Gasteiger charge is 2.37. The van der Waals surface area contributed by atoms with Gasteiger partial charge in [0.05, 0.1) is 13.7 Å². The molecule has 0 aliphatic carbocycles. The standard InChI is InChI=1S/C29H39N3O8/c1-18-8-7-9-22(19(18)2)25(26(36)30-17-24(35)39-6)32(14-15-33)27(37)23(31-28(38)40-29(3,4)5)16-20-10-12-21(34)13-11-20/h7-13,23,25,33-34H,14-17H2,1-6H3,(H,30,36)(H,31,38). The maximum atomic E-state index is 14.1. The highest BCUT2D eigenvalue weighted by molar-refractivity contribution is 5.93. The van der Waals surface area contributed by atoms with Gasteiger partial charge in [0.2, 0.25) is 11.8 Å². The summed E-state index contributed by atoms with van der Waals surface area (Å²) < 4.78 is 10.0. The molecule has 11 heteroatoms. The zero-order valence-corrected chi connectivity index (χ0v) is 23.8. The number of esters is 1. The smallest absolute Gasteiger partial charge is 0.408 e. The number of hydrogen-bond acceptors (Lipinski definition) is 8. The number of carbonyl (C=O) groups is 4. The predicted octanol–water partition coefficient (Wildman–Crippen LogP) is 2.30. The van der Waals surface area contributed by atoms with E-state index in [2.05, 4.69) is 15.4 Å². The molecule has 0 aliphatic heterocycles. The van der Waals surface area contributed by atoms with Crippen LogP contribution < -0.4 is 10.6 Å². The number of methoxy groups -OCH3 is 1. The van der Waals surface area contributed by atoms with Gasteiger partial charge in [-0.05, 0) is 69.0 Å². The molecule has 40 heavy (non-hydrogen) atoms. The molecule has 11 nitrogen and oxygen atoms in total. The number of hydrogen-bond donors (Lipinski definition) is 4. The molecule has 2 aromatic carbocycles. The Bertz CT molecular complexity index is 1190. The number of aliphatic hydroxyl groups excluding tert-OH is 1. The first-order valence-corrected chi connectivity index (χ1v) is 12.9. The number of aromatic hydroxyl groups is 1. The molecule has 0 radical (unpaired) electrons. The van der Waals surface area contributed by atoms with Crippen molar-refractivity contribution in [3.05, 3.63) is 64.7 Å². The lowest BCUT2D eigenvalue weighted by molar-refractivity contribution is -0.145. The maximum absolute atomic E-state index is 14.1. The third kappa shape index (κ3) is 9.26. The molecule has 0 saturated heterocycles. The van der Waals surface area contributed by atoms with Crippen molar-refractivity contribution in [1.29, 1.82) is 0 Å². The molecule has 0 fully saturated rings. The van der Waals surface area contributed by atoms with E-state index >= 15 is 0 Å². The Hall–Kier alpha value is -4.12. The highest BCUT2D eigenvalue weighted by atomic mass is 16.6. The first kappa shape index (κ1) is 32.1. The van der Waals surface area contributed by atoms with Gasteiger partial charge in [0.1, 0.15) is 30.0 Å². The third-order valence-corrected chi connectivity index (χ3v) is 6.12. The average Bonchev–Trinajstić information content (AvgIpc) is 2.88. The predicted molar refractivity (Wildman–Crippen MR) is 147 cm³/mol. The second-order valence-electron chi connectivity index (χ2n) is 10.3. The number of benzene rings is 2. The number of phenolic OH excluding ortho intramolecular Hbond substituents is 1. The Morgan fingerprint density at radius 2 is 1.68 bits per heavy atom. The summed E-state index contributed by atoms with van der Waals surface area (Å²) >= 11 is 0. The van der Waals surface area contributed by atoms with Gasteiger partial charge < -0.3 is 35.2 Å². The monoisotopic (exact) mass is 557 g/mol. The van der Waals surface area contributed by atoms with Crippen LogP contribution in [-0.2, 0) is 30.3 Å². The molecule has 0 heterocycles. The van der Waals surface area contributed by atoms with E-state index in [4.69, 9.17) is 4.74 Å². The van der Waals surface area contributed by atoms with Crippen LogP contribution in [0.25, 0.3) is 0 Å². The number of carbonyl (C=O) groups excluding carboxylic acids is 4. The number of nitrogens with zero attached hydrogens (tertiary/aromatic N) is 1. The van der Waals surface area contributed by atoms with Crippen molar-refractivity contribution in [3.8, 4) is 5.75 Å². The molecule has 0 aliphatic rings. The van der Waals surface area contributed by atoms with Crippen LogP contribution in [0, 0.1) is 13.8 Å². The number of amides is 3. The summed E-state index contributed by atoms with van der Waals surface area (Å²) in [5, 5.41) is 24.7. The van der Waals surface area contributed by atoms with Crippen LogP contribution in [0.1, 0.15) is 49.1 Å². The summed E-state index contributed by atoms with van der Waals surface area (Å²) in [5.41, 5.74) is 1.88. The topological polar surface area (TPSA) is 154 Å². The Morgan fingerprint density at radius 3 is 2.25 bits per heavy atom. The van der Waals surface area contributed by atoms with E-state index in [1.165, 1.54) is 24.1 Å². The number of phenols is 1. The normalized spacial score (nSPS) is 12.6. The van der Waals surface area contributed by atoms with Crippen LogP contribution >= 0.6 is 0 Å². The van der Waals surface area contributed by atoms with Crippen molar-refractivity contribution in [2.24, 2.45) is 0 Å². The van der Waals surface area contributed by atoms with E-state index in [0.29, 0.717) is 11.1 Å². The molecule has 218 valence electrons. The Balaban J connectivity index is 2.57. The molecular formula is C29H39N3O8. The van der Waals surface area contributed by atoms with Crippen molar-refractivity contribution in [2.45, 2.75) is 58.7 Å². The van der Waals surface area contributed by atoms with Gasteiger partial charge in [-0.1, -0.05) is 30.3 Å². The third-order valence-electron chi connectivity index (χ3n) is 6.12. The molecule has 0 spiro atoms. The molecular weight excluding hydrogens is 518 g/mol. The first-order chi connectivity index (χ1) is 18.8. The fraction of sp³-hybridized carbons (Fsp3) is 0.448. The van der Waals surface area contributed by atoms with Gasteiger partial charge in [-0.15, -0.1) is 0 Å². The van der Waals surface area contributed by atoms with Gasteiger partial charge in [-0.2, -0.15) is 0 Å². The second-order valence-corrected chi connectivity index (χ2v) is 10.3. The number of ether oxygens (including phenoxy) is 2. The number of alkyl carbamates (subject to hydrolysis) is 1. The summed E-state index contributed by atoms with van der Waals surface area (Å²) in [7, 11) is 1.19. The molecule has 2 rings (SSSR count). The summed E-state index contributed by atoms with van der Waals surface area (Å²) in [4.78, 5) is 53.4. The van der Waals surface area contributed by atoms with Crippen LogP contribution in [0.15, 0.2) is 42.5 Å². The lowest BCUT2D eigenvalue weighted by Crippen LogP contribution is -2.54. The van der Waals surface area contributed by atoms with Gasteiger partial charge in [0.25, 0.3) is 0 Å². The van der Waals surface area contributed by atoms with E-state index in [0.717, 1.165) is 11.1 Å². The van der Waals surface area contributed by atoms with Crippen LogP contribution in [0.5, 0.6) is 5.75 Å². The Kier molecular flexibility index (Phi) is 11.5. The average molecular weight is 558 g/mol. The highest BCUT2D eigenvalue weighted by Crippen LogP contribution is 2.27. The zero-order chi connectivity index (χ0) is 30.0. The Labute approximate surface area is 234 Å². The van der Waals surface area contributed by atoms with E-state index in [-0.39, 0.29) is 18.7 Å². The lowest BCUT2D eigenvalue weighted by atomic mass is 9.94. The van der Waals surface area contributed by atoms with Gasteiger partial charge in [0.15, 0.2) is 0 Å². The number of rotatable bonds is 11. The number of aryl methyl sites for hydroxylation is 1. The maximum Gasteiger partial charge on any atom is 0.408 e. The van der Waals surface area contributed by atoms with E-state index in [9.17, 15) is 29.4 Å². The summed E-state index contributed by atoms with van der Waals surface area (Å²) in [6.45, 7) is 7.57. The van der Waals surface area contributed by atoms with Gasteiger partial charge >= 0.3 is 12.1 Å². The molecule has 2 aromatic rings. The van der Waals surface area contributed by atoms with Gasteiger partial charge in [-0.25, -0.2) is 4.79 Å². The minimum Gasteiger partial charge on any atom is -0.508 e. The summed E-state index contributed by atoms with van der Waals surface area (Å²) in [6.07, 6.45) is -0.837. The fourth-order valence-corrected chi connectivity index (χ4v) is 4.04. The van der Waals surface area contributed by atoms with E-state index in [1.807, 2.05) is 13.0 Å². The molecule has 3 amide bonds. The fourth-order valence-electron chi connectivity index (χ4n) is 4.04. The van der Waals surface area contributed by atoms with Crippen LogP contribution in [0.4, 0.5) is 4.79 Å². The van der Waals surface area contributed by atoms with Crippen molar-refractivity contribution in [1.82, 2.24) is 15.5 Å². The van der Waals surface area contributed by atoms with Crippen LogP contribution in [-0.4, -0.2) is 77.4 Å². The summed E-state index contributed by atoms with van der Waals surface area (Å²) in [6, 6.07) is 8.97. The van der Waals surface area contributed by atoms with Crippen molar-refractivity contribution < 1.29 is 38.9 Å². The quantitative estimate of drug-likeness (QED) is 0.307. The van der Waals surface area contributed by atoms with Crippen molar-refractivity contribution in [3.63, 3.8) is 0 Å². The first-order valence-electron chi connectivity index (χ1n) is 12.9. The zero-order valence-electron chi connectivity index (χ0n) is 23.8. The lowest BCUT2D eigenvalue weighted by Gasteiger charge is -2.35. The van der Waals surface area contributed by atoms with Crippen LogP contribution in [0.3, 0.4) is 0 Å². The van der Waals surface area contributed by atoms with Gasteiger partial charge in [-0.3, -0.25) is 14.4 Å². The second kappa shape index (κ2) is 14.3. The minimum absolute atomic E-state index is 0.00356. The SMILES string of the molecule is COC(=O)CNC(=O)C(c1cccc(C)c1C)N(CCO)C(=O)C(Cc1ccc(O)cc1)NC(=O)OC(C)(C)C. The molecule has 4 N–H and O–H groups in total. The molecule has 0 bridgehead atoms. The van der Waals surface area contributed by atoms with Crippen molar-refractivity contribution in [2.75, 3.05) is 26.8 Å².